The van der Waals surface area contributed by atoms with E-state index in [1.54, 1.807) is 18.1 Å². The second kappa shape index (κ2) is 6.02. The monoisotopic (exact) mass is 288 g/mol. The fourth-order valence-corrected chi connectivity index (χ4v) is 2.17. The van der Waals surface area contributed by atoms with Crippen LogP contribution in [0.2, 0.25) is 0 Å². The zero-order valence-electron chi connectivity index (χ0n) is 12.4. The van der Waals surface area contributed by atoms with Crippen LogP contribution >= 0.6 is 0 Å². The molecular weight excluding hydrogens is 268 g/mol. The number of aromatic nitrogens is 6. The first kappa shape index (κ1) is 13.7. The summed E-state index contributed by atoms with van der Waals surface area (Å²) in [6, 6.07) is 0.562. The molecule has 0 aromatic carbocycles. The normalized spacial score (nSPS) is 14.2. The van der Waals surface area contributed by atoms with E-state index in [0.717, 1.165) is 25.3 Å². The molecule has 8 heteroatoms. The quantitative estimate of drug-likeness (QED) is 0.821. The van der Waals surface area contributed by atoms with Gasteiger partial charge in [0.2, 0.25) is 11.9 Å². The highest BCUT2D eigenvalue weighted by molar-refractivity contribution is 5.41. The molecule has 1 saturated carbocycles. The van der Waals surface area contributed by atoms with Crippen molar-refractivity contribution in [1.29, 1.82) is 0 Å². The predicted molar refractivity (Wildman–Crippen MR) is 79.6 cm³/mol. The number of anilines is 2. The summed E-state index contributed by atoms with van der Waals surface area (Å²) in [5, 5.41) is 7.08. The lowest BCUT2D eigenvalue weighted by Crippen LogP contribution is -2.29. The van der Waals surface area contributed by atoms with Gasteiger partial charge in [0.15, 0.2) is 0 Å². The Morgan fingerprint density at radius 1 is 1.33 bits per heavy atom. The molecule has 0 atom stereocenters. The summed E-state index contributed by atoms with van der Waals surface area (Å²) in [6.45, 7) is 3.17. The molecule has 21 heavy (non-hydrogen) atoms. The molecule has 1 N–H and O–H groups in total. The van der Waals surface area contributed by atoms with Crippen molar-refractivity contribution in [3.8, 4) is 5.95 Å². The van der Waals surface area contributed by atoms with Crippen LogP contribution in [0.5, 0.6) is 0 Å². The topological polar surface area (TPSA) is 84.7 Å². The maximum atomic E-state index is 4.56. The average molecular weight is 288 g/mol. The molecule has 112 valence electrons. The molecule has 2 aromatic heterocycles. The largest absolute Gasteiger partial charge is 0.357 e. The van der Waals surface area contributed by atoms with E-state index in [1.807, 2.05) is 0 Å². The van der Waals surface area contributed by atoms with Crippen LogP contribution in [0.25, 0.3) is 5.95 Å². The number of rotatable bonds is 7. The molecule has 1 fully saturated rings. The molecule has 0 amide bonds. The Balaban J connectivity index is 1.94. The van der Waals surface area contributed by atoms with Crippen molar-refractivity contribution in [2.24, 2.45) is 0 Å². The summed E-state index contributed by atoms with van der Waals surface area (Å²) < 4.78 is 1.55. The lowest BCUT2D eigenvalue weighted by atomic mass is 10.3. The van der Waals surface area contributed by atoms with Gasteiger partial charge in [0.05, 0.1) is 0 Å². The third kappa shape index (κ3) is 3.09. The molecule has 0 unspecified atom stereocenters. The summed E-state index contributed by atoms with van der Waals surface area (Å²) in [6.07, 6.45) is 7.77. The van der Waals surface area contributed by atoms with Crippen LogP contribution in [0.15, 0.2) is 12.7 Å². The van der Waals surface area contributed by atoms with Crippen LogP contribution < -0.4 is 10.2 Å². The molecule has 0 bridgehead atoms. The Bertz CT molecular complexity index is 578. The number of nitrogens with zero attached hydrogens (tertiary/aromatic N) is 7. The van der Waals surface area contributed by atoms with Gasteiger partial charge in [-0.25, -0.2) is 4.98 Å². The van der Waals surface area contributed by atoms with Crippen molar-refractivity contribution >= 4 is 11.9 Å². The minimum atomic E-state index is 0.490. The maximum absolute atomic E-state index is 4.56. The standard InChI is InChI=1S/C13H20N8/c1-3-4-7-20(10-5-6-10)12-17-11(14-2)18-13(19-12)21-9-15-8-16-21/h8-10H,3-7H2,1-2H3,(H,14,17,18,19). The van der Waals surface area contributed by atoms with Crippen LogP contribution in [0, 0.1) is 0 Å². The lowest BCUT2D eigenvalue weighted by Gasteiger charge is -2.22. The van der Waals surface area contributed by atoms with E-state index in [-0.39, 0.29) is 0 Å². The van der Waals surface area contributed by atoms with Crippen molar-refractivity contribution in [2.45, 2.75) is 38.6 Å². The summed E-state index contributed by atoms with van der Waals surface area (Å²) in [5.41, 5.74) is 0. The molecule has 2 aromatic rings. The van der Waals surface area contributed by atoms with Crippen LogP contribution in [-0.4, -0.2) is 49.4 Å². The Morgan fingerprint density at radius 2 is 2.19 bits per heavy atom. The molecule has 0 aliphatic heterocycles. The zero-order valence-corrected chi connectivity index (χ0v) is 12.4. The fraction of sp³-hybridized carbons (Fsp3) is 0.615. The smallest absolute Gasteiger partial charge is 0.258 e. The first-order valence-corrected chi connectivity index (χ1v) is 7.37. The summed E-state index contributed by atoms with van der Waals surface area (Å²) in [4.78, 5) is 19.6. The van der Waals surface area contributed by atoms with E-state index in [4.69, 9.17) is 0 Å². The molecule has 3 rings (SSSR count). The van der Waals surface area contributed by atoms with E-state index in [2.05, 4.69) is 42.2 Å². The first-order chi connectivity index (χ1) is 10.3. The second-order valence-corrected chi connectivity index (χ2v) is 5.13. The molecule has 0 spiro atoms. The lowest BCUT2D eigenvalue weighted by molar-refractivity contribution is 0.684. The van der Waals surface area contributed by atoms with Crippen LogP contribution in [0.1, 0.15) is 32.6 Å². The van der Waals surface area contributed by atoms with E-state index < -0.39 is 0 Å². The van der Waals surface area contributed by atoms with Gasteiger partial charge >= 0.3 is 0 Å². The van der Waals surface area contributed by atoms with Gasteiger partial charge in [0.25, 0.3) is 5.95 Å². The van der Waals surface area contributed by atoms with Crippen molar-refractivity contribution < 1.29 is 0 Å². The van der Waals surface area contributed by atoms with Gasteiger partial charge in [-0.2, -0.15) is 24.7 Å². The van der Waals surface area contributed by atoms with E-state index in [9.17, 15) is 0 Å². The van der Waals surface area contributed by atoms with Crippen molar-refractivity contribution in [3.63, 3.8) is 0 Å². The van der Waals surface area contributed by atoms with E-state index in [0.29, 0.717) is 17.9 Å². The van der Waals surface area contributed by atoms with Gasteiger partial charge < -0.3 is 10.2 Å². The minimum absolute atomic E-state index is 0.490. The van der Waals surface area contributed by atoms with Crippen LogP contribution in [0.4, 0.5) is 11.9 Å². The highest BCUT2D eigenvalue weighted by atomic mass is 15.4. The van der Waals surface area contributed by atoms with Gasteiger partial charge in [-0.15, -0.1) is 0 Å². The third-order valence-electron chi connectivity index (χ3n) is 3.46. The average Bonchev–Trinajstić information content (AvgIpc) is 3.20. The van der Waals surface area contributed by atoms with Crippen molar-refractivity contribution in [3.05, 3.63) is 12.7 Å². The molecular formula is C13H20N8. The second-order valence-electron chi connectivity index (χ2n) is 5.13. The molecule has 2 heterocycles. The Kier molecular flexibility index (Phi) is 3.94. The number of unbranched alkanes of at least 4 members (excludes halogenated alkanes) is 1. The fourth-order valence-electron chi connectivity index (χ4n) is 2.17. The first-order valence-electron chi connectivity index (χ1n) is 7.37. The maximum Gasteiger partial charge on any atom is 0.258 e. The van der Waals surface area contributed by atoms with Crippen LogP contribution in [-0.2, 0) is 0 Å². The molecule has 0 radical (unpaired) electrons. The Labute approximate surface area is 123 Å². The van der Waals surface area contributed by atoms with Crippen molar-refractivity contribution in [1.82, 2.24) is 29.7 Å². The molecule has 0 saturated heterocycles. The molecule has 1 aliphatic rings. The number of hydrogen-bond acceptors (Lipinski definition) is 7. The summed E-state index contributed by atoms with van der Waals surface area (Å²) in [5.74, 6) is 1.76. The van der Waals surface area contributed by atoms with Gasteiger partial charge in [0.1, 0.15) is 12.7 Å². The van der Waals surface area contributed by atoms with Gasteiger partial charge in [0, 0.05) is 19.6 Å². The predicted octanol–water partition coefficient (Wildman–Crippen LogP) is 1.26. The minimum Gasteiger partial charge on any atom is -0.357 e. The summed E-state index contributed by atoms with van der Waals surface area (Å²) >= 11 is 0. The van der Waals surface area contributed by atoms with Gasteiger partial charge in [-0.05, 0) is 19.3 Å². The number of nitrogens with one attached hydrogen (secondary N) is 1. The zero-order chi connectivity index (χ0) is 14.7. The Morgan fingerprint density at radius 3 is 2.81 bits per heavy atom. The number of hydrogen-bond donors (Lipinski definition) is 1. The molecule has 8 nitrogen and oxygen atoms in total. The third-order valence-corrected chi connectivity index (χ3v) is 3.46. The van der Waals surface area contributed by atoms with Crippen LogP contribution in [0.3, 0.4) is 0 Å². The van der Waals surface area contributed by atoms with E-state index in [1.165, 1.54) is 19.2 Å². The highest BCUT2D eigenvalue weighted by Gasteiger charge is 2.31. The summed E-state index contributed by atoms with van der Waals surface area (Å²) in [7, 11) is 1.80. The van der Waals surface area contributed by atoms with E-state index >= 15 is 0 Å². The van der Waals surface area contributed by atoms with Gasteiger partial charge in [-0.3, -0.25) is 0 Å². The highest BCUT2D eigenvalue weighted by Crippen LogP contribution is 2.30. The van der Waals surface area contributed by atoms with Crippen molar-refractivity contribution in [2.75, 3.05) is 23.8 Å². The SMILES string of the molecule is CCCCN(c1nc(NC)nc(-n2cncn2)n1)C1CC1. The molecule has 1 aliphatic carbocycles. The Hall–Kier alpha value is -2.25. The van der Waals surface area contributed by atoms with Gasteiger partial charge in [-0.1, -0.05) is 13.3 Å².